The van der Waals surface area contributed by atoms with E-state index in [1.807, 2.05) is 53.5 Å². The number of piperazine rings is 1. The third-order valence-electron chi connectivity index (χ3n) is 4.33. The Morgan fingerprint density at radius 3 is 2.64 bits per heavy atom. The molecule has 25 heavy (non-hydrogen) atoms. The second-order valence-electron chi connectivity index (χ2n) is 6.04. The van der Waals surface area contributed by atoms with Gasteiger partial charge in [-0.3, -0.25) is 9.88 Å². The Morgan fingerprint density at radius 2 is 1.88 bits per heavy atom. The van der Waals surface area contributed by atoms with Crippen LogP contribution in [0.1, 0.15) is 5.69 Å². The summed E-state index contributed by atoms with van der Waals surface area (Å²) in [6, 6.07) is 12.1. The fraction of sp³-hybridized carbons (Fsp3) is 0.278. The van der Waals surface area contributed by atoms with Crippen molar-refractivity contribution in [3.8, 4) is 16.9 Å². The fourth-order valence-electron chi connectivity index (χ4n) is 3.09. The predicted molar refractivity (Wildman–Crippen MR) is 100 cm³/mol. The van der Waals surface area contributed by atoms with Gasteiger partial charge >= 0.3 is 0 Å². The molecule has 0 amide bonds. The summed E-state index contributed by atoms with van der Waals surface area (Å²) in [5.41, 5.74) is 4.08. The molecule has 4 rings (SSSR count). The maximum atomic E-state index is 4.51. The van der Waals surface area contributed by atoms with Crippen LogP contribution in [0.3, 0.4) is 0 Å². The maximum Gasteiger partial charge on any atom is 0.105 e. The Labute approximate surface area is 155 Å². The van der Waals surface area contributed by atoms with Crippen molar-refractivity contribution in [2.45, 2.75) is 6.54 Å². The zero-order valence-electron chi connectivity index (χ0n) is 13.8. The van der Waals surface area contributed by atoms with Crippen LogP contribution in [-0.2, 0) is 6.54 Å². The molecule has 0 saturated carbocycles. The van der Waals surface area contributed by atoms with Crippen LogP contribution in [0.25, 0.3) is 16.9 Å². The highest BCUT2D eigenvalue weighted by atomic mass is 79.9. The van der Waals surface area contributed by atoms with Crippen LogP contribution in [0.2, 0.25) is 0 Å². The van der Waals surface area contributed by atoms with Crippen LogP contribution in [0, 0.1) is 0 Å². The summed E-state index contributed by atoms with van der Waals surface area (Å²) < 4.78 is 2.93. The summed E-state index contributed by atoms with van der Waals surface area (Å²) in [5.74, 6) is 0. The van der Waals surface area contributed by atoms with Gasteiger partial charge in [-0.1, -0.05) is 27.2 Å². The lowest BCUT2D eigenvalue weighted by Crippen LogP contribution is -2.43. The largest absolute Gasteiger partial charge is 0.314 e. The Hall–Kier alpha value is -2.09. The monoisotopic (exact) mass is 398 g/mol. The van der Waals surface area contributed by atoms with E-state index in [-0.39, 0.29) is 0 Å². The average Bonchev–Trinajstić information content (AvgIpc) is 3.07. The van der Waals surface area contributed by atoms with Crippen molar-refractivity contribution >= 4 is 15.9 Å². The zero-order chi connectivity index (χ0) is 17.1. The number of hydrogen-bond acceptors (Lipinski definition) is 5. The molecule has 1 aromatic carbocycles. The molecule has 1 aliphatic heterocycles. The highest BCUT2D eigenvalue weighted by Gasteiger charge is 2.20. The van der Waals surface area contributed by atoms with E-state index in [0.29, 0.717) is 0 Å². The summed E-state index contributed by atoms with van der Waals surface area (Å²) in [5, 5.41) is 12.3. The summed E-state index contributed by atoms with van der Waals surface area (Å²) in [6.07, 6.45) is 3.62. The number of hydrogen-bond donors (Lipinski definition) is 1. The average molecular weight is 399 g/mol. The molecular weight excluding hydrogens is 380 g/mol. The van der Waals surface area contributed by atoms with Crippen molar-refractivity contribution in [1.29, 1.82) is 0 Å². The van der Waals surface area contributed by atoms with Gasteiger partial charge in [0, 0.05) is 55.2 Å². The lowest BCUT2D eigenvalue weighted by Gasteiger charge is -2.26. The van der Waals surface area contributed by atoms with E-state index < -0.39 is 0 Å². The van der Waals surface area contributed by atoms with Gasteiger partial charge < -0.3 is 5.32 Å². The molecule has 7 heteroatoms. The van der Waals surface area contributed by atoms with Gasteiger partial charge in [-0.15, -0.1) is 5.10 Å². The van der Waals surface area contributed by atoms with Gasteiger partial charge in [-0.2, -0.15) is 0 Å². The molecule has 1 saturated heterocycles. The molecule has 0 radical (unpaired) electrons. The smallest absolute Gasteiger partial charge is 0.105 e. The molecule has 0 spiro atoms. The standard InChI is InChI=1S/C18H19BrN6/c19-15-2-1-3-16(12-15)25-18(14-4-6-20-7-5-14)17(22-23-25)13-24-10-8-21-9-11-24/h1-7,12,21H,8-11,13H2. The van der Waals surface area contributed by atoms with Crippen LogP contribution in [0.4, 0.5) is 0 Å². The molecule has 1 aliphatic rings. The number of nitrogens with zero attached hydrogens (tertiary/aromatic N) is 5. The molecule has 2 aromatic heterocycles. The molecule has 6 nitrogen and oxygen atoms in total. The molecule has 0 aliphatic carbocycles. The SMILES string of the molecule is Brc1cccc(-n2nnc(CN3CCNCC3)c2-c2ccncc2)c1. The normalized spacial score (nSPS) is 15.4. The zero-order valence-corrected chi connectivity index (χ0v) is 15.4. The first kappa shape index (κ1) is 16.4. The Balaban J connectivity index is 1.76. The number of pyridine rings is 1. The van der Waals surface area contributed by atoms with Gasteiger partial charge in [0.1, 0.15) is 5.69 Å². The fourth-order valence-corrected chi connectivity index (χ4v) is 3.48. The first-order valence-corrected chi connectivity index (χ1v) is 9.14. The summed E-state index contributed by atoms with van der Waals surface area (Å²) in [7, 11) is 0. The second kappa shape index (κ2) is 7.43. The maximum absolute atomic E-state index is 4.51. The molecule has 0 unspecified atom stereocenters. The van der Waals surface area contributed by atoms with Crippen molar-refractivity contribution in [2.24, 2.45) is 0 Å². The lowest BCUT2D eigenvalue weighted by atomic mass is 10.1. The predicted octanol–water partition coefficient (Wildman–Crippen LogP) is 2.50. The number of rotatable bonds is 4. The van der Waals surface area contributed by atoms with E-state index in [0.717, 1.165) is 59.8 Å². The van der Waals surface area contributed by atoms with Gasteiger partial charge in [-0.25, -0.2) is 4.68 Å². The first-order valence-electron chi connectivity index (χ1n) is 8.35. The number of benzene rings is 1. The van der Waals surface area contributed by atoms with E-state index in [1.165, 1.54) is 0 Å². The molecule has 0 atom stereocenters. The Bertz CT molecular complexity index is 842. The Kier molecular flexibility index (Phi) is 4.87. The lowest BCUT2D eigenvalue weighted by molar-refractivity contribution is 0.231. The molecular formula is C18H19BrN6. The van der Waals surface area contributed by atoms with Crippen LogP contribution in [-0.4, -0.2) is 51.1 Å². The van der Waals surface area contributed by atoms with Crippen LogP contribution in [0.5, 0.6) is 0 Å². The summed E-state index contributed by atoms with van der Waals surface area (Å²) in [4.78, 5) is 6.55. The highest BCUT2D eigenvalue weighted by molar-refractivity contribution is 9.10. The third-order valence-corrected chi connectivity index (χ3v) is 4.82. The van der Waals surface area contributed by atoms with Gasteiger partial charge in [0.05, 0.1) is 11.4 Å². The van der Waals surface area contributed by atoms with E-state index in [9.17, 15) is 0 Å². The summed E-state index contributed by atoms with van der Waals surface area (Å²) >= 11 is 3.54. The minimum atomic E-state index is 0.799. The Morgan fingerprint density at radius 1 is 1.08 bits per heavy atom. The third kappa shape index (κ3) is 3.63. The topological polar surface area (TPSA) is 58.9 Å². The van der Waals surface area contributed by atoms with Crippen molar-refractivity contribution < 1.29 is 0 Å². The number of halogens is 1. The second-order valence-corrected chi connectivity index (χ2v) is 6.95. The minimum absolute atomic E-state index is 0.799. The molecule has 128 valence electrons. The van der Waals surface area contributed by atoms with E-state index >= 15 is 0 Å². The van der Waals surface area contributed by atoms with Gasteiger partial charge in [0.15, 0.2) is 0 Å². The van der Waals surface area contributed by atoms with Gasteiger partial charge in [0.25, 0.3) is 0 Å². The quantitative estimate of drug-likeness (QED) is 0.731. The van der Waals surface area contributed by atoms with Crippen molar-refractivity contribution in [3.05, 3.63) is 59.0 Å². The summed E-state index contributed by atoms with van der Waals surface area (Å²) in [6.45, 7) is 4.89. The van der Waals surface area contributed by atoms with Crippen LogP contribution < -0.4 is 5.32 Å². The van der Waals surface area contributed by atoms with Gasteiger partial charge in [0.2, 0.25) is 0 Å². The molecule has 1 N–H and O–H groups in total. The van der Waals surface area contributed by atoms with E-state index in [4.69, 9.17) is 0 Å². The van der Waals surface area contributed by atoms with Crippen molar-refractivity contribution in [2.75, 3.05) is 26.2 Å². The van der Waals surface area contributed by atoms with E-state index in [2.05, 4.69) is 41.4 Å². The van der Waals surface area contributed by atoms with Crippen LogP contribution in [0.15, 0.2) is 53.3 Å². The van der Waals surface area contributed by atoms with Crippen LogP contribution >= 0.6 is 15.9 Å². The highest BCUT2D eigenvalue weighted by Crippen LogP contribution is 2.27. The van der Waals surface area contributed by atoms with E-state index in [1.54, 1.807) is 0 Å². The van der Waals surface area contributed by atoms with Crippen molar-refractivity contribution in [3.63, 3.8) is 0 Å². The first-order chi connectivity index (χ1) is 12.3. The minimum Gasteiger partial charge on any atom is -0.314 e. The molecule has 0 bridgehead atoms. The molecule has 3 heterocycles. The van der Waals surface area contributed by atoms with Crippen molar-refractivity contribution in [1.82, 2.24) is 30.2 Å². The number of aromatic nitrogens is 4. The number of nitrogens with one attached hydrogen (secondary N) is 1. The van der Waals surface area contributed by atoms with Gasteiger partial charge in [-0.05, 0) is 30.3 Å². The molecule has 3 aromatic rings. The molecule has 1 fully saturated rings.